The van der Waals surface area contributed by atoms with Crippen LogP contribution >= 0.6 is 0 Å². The molecule has 0 N–H and O–H groups in total. The Morgan fingerprint density at radius 2 is 1.59 bits per heavy atom. The second kappa shape index (κ2) is 5.02. The Balaban J connectivity index is 2.41. The topological polar surface area (TPSA) is 0 Å². The maximum atomic E-state index is 3.71. The lowest BCUT2D eigenvalue weighted by atomic mass is 10.1. The van der Waals surface area contributed by atoms with Gasteiger partial charge in [-0.05, 0) is 31.9 Å². The van der Waals surface area contributed by atoms with E-state index in [1.165, 1.54) is 32.3 Å². The van der Waals surface area contributed by atoms with Gasteiger partial charge in [0.15, 0.2) is 0 Å². The van der Waals surface area contributed by atoms with Crippen molar-refractivity contribution in [3.8, 4) is 0 Å². The van der Waals surface area contributed by atoms with Gasteiger partial charge in [-0.15, -0.1) is 0 Å². The van der Waals surface area contributed by atoms with Gasteiger partial charge >= 0.3 is 0 Å². The third-order valence-corrected chi connectivity index (χ3v) is 5.33. The van der Waals surface area contributed by atoms with Gasteiger partial charge in [0.1, 0.15) is 9.52 Å². The zero-order valence-corrected chi connectivity index (χ0v) is 12.5. The normalized spacial score (nSPS) is 10.6. The molecule has 2 aromatic rings. The van der Waals surface area contributed by atoms with E-state index in [-0.39, 0.29) is 0 Å². The molecule has 0 fully saturated rings. The van der Waals surface area contributed by atoms with Crippen molar-refractivity contribution in [3.63, 3.8) is 0 Å². The molecule has 0 saturated heterocycles. The fourth-order valence-corrected chi connectivity index (χ4v) is 3.48. The Morgan fingerprint density at radius 3 is 2.24 bits per heavy atom. The summed E-state index contributed by atoms with van der Waals surface area (Å²) in [5.41, 5.74) is 4.09. The highest BCUT2D eigenvalue weighted by Gasteiger charge is 2.08. The van der Waals surface area contributed by atoms with Crippen LogP contribution in [0.2, 0.25) is 0 Å². The monoisotopic (exact) mass is 251 g/mol. The molecule has 0 amide bonds. The summed E-state index contributed by atoms with van der Waals surface area (Å²) in [5, 5.41) is 4.09. The van der Waals surface area contributed by atoms with Gasteiger partial charge in [0.25, 0.3) is 0 Å². The summed E-state index contributed by atoms with van der Waals surface area (Å²) < 4.78 is 0. The third-order valence-electron chi connectivity index (χ3n) is 3.15. The van der Waals surface area contributed by atoms with Crippen LogP contribution in [-0.2, 0) is 0 Å². The Kier molecular flexibility index (Phi) is 3.64. The summed E-state index contributed by atoms with van der Waals surface area (Å²) in [5.74, 6) is 0. The lowest BCUT2D eigenvalue weighted by Gasteiger charge is -2.13. The first kappa shape index (κ1) is 12.3. The standard InChI is InChI=1S/C15H15Si2/c1-10-9-14(11(2)12(3)15(10)16)17-13-7-5-4-6-8-13/h4-9H,1-3H3. The molecule has 0 heterocycles. The van der Waals surface area contributed by atoms with Gasteiger partial charge in [-0.25, -0.2) is 0 Å². The number of hydrogen-bond donors (Lipinski definition) is 0. The minimum Gasteiger partial charge on any atom is -0.0631 e. The molecule has 83 valence electrons. The average molecular weight is 251 g/mol. The molecule has 0 aromatic heterocycles. The van der Waals surface area contributed by atoms with E-state index in [2.05, 4.69) is 67.4 Å². The first-order valence-corrected chi connectivity index (χ1v) is 7.24. The van der Waals surface area contributed by atoms with E-state index in [1.54, 1.807) is 0 Å². The SMILES string of the molecule is Cc1cc([Si]c2ccccc2)c(C)c(C)c1[Si]. The summed E-state index contributed by atoms with van der Waals surface area (Å²) in [6.45, 7) is 6.56. The van der Waals surface area contributed by atoms with Crippen molar-refractivity contribution in [2.75, 3.05) is 0 Å². The lowest BCUT2D eigenvalue weighted by Crippen LogP contribution is -2.32. The molecule has 0 aliphatic carbocycles. The maximum absolute atomic E-state index is 3.71. The highest BCUT2D eigenvalue weighted by Crippen LogP contribution is 2.03. The molecule has 0 unspecified atom stereocenters. The van der Waals surface area contributed by atoms with Crippen molar-refractivity contribution >= 4 is 35.3 Å². The Bertz CT molecular complexity index is 530. The van der Waals surface area contributed by atoms with Crippen molar-refractivity contribution in [2.24, 2.45) is 0 Å². The minimum atomic E-state index is 0.743. The predicted octanol–water partition coefficient (Wildman–Crippen LogP) is 1.06. The van der Waals surface area contributed by atoms with Gasteiger partial charge < -0.3 is 0 Å². The van der Waals surface area contributed by atoms with E-state index in [4.69, 9.17) is 0 Å². The zero-order valence-electron chi connectivity index (χ0n) is 10.5. The van der Waals surface area contributed by atoms with Gasteiger partial charge in [0.2, 0.25) is 0 Å². The van der Waals surface area contributed by atoms with Crippen LogP contribution in [0.5, 0.6) is 0 Å². The molecule has 2 aromatic carbocycles. The first-order valence-electron chi connectivity index (χ1n) is 5.74. The van der Waals surface area contributed by atoms with E-state index in [0.717, 1.165) is 9.52 Å². The van der Waals surface area contributed by atoms with E-state index in [0.29, 0.717) is 0 Å². The van der Waals surface area contributed by atoms with Crippen LogP contribution in [0, 0.1) is 20.8 Å². The fourth-order valence-electron chi connectivity index (χ4n) is 1.89. The number of benzene rings is 2. The van der Waals surface area contributed by atoms with E-state index >= 15 is 0 Å². The van der Waals surface area contributed by atoms with Crippen molar-refractivity contribution in [2.45, 2.75) is 20.8 Å². The van der Waals surface area contributed by atoms with Crippen LogP contribution in [0.1, 0.15) is 16.7 Å². The smallest absolute Gasteiger partial charge is 0.0631 e. The summed E-state index contributed by atoms with van der Waals surface area (Å²) in [7, 11) is 4.45. The van der Waals surface area contributed by atoms with Gasteiger partial charge in [0.05, 0.1) is 10.2 Å². The largest absolute Gasteiger partial charge is 0.121 e. The Hall–Kier alpha value is -1.13. The Morgan fingerprint density at radius 1 is 0.941 bits per heavy atom. The molecule has 0 aliphatic rings. The molecular formula is C15H15Si2. The Labute approximate surface area is 109 Å². The van der Waals surface area contributed by atoms with Gasteiger partial charge in [0, 0.05) is 0 Å². The second-order valence-electron chi connectivity index (χ2n) is 4.36. The highest BCUT2D eigenvalue weighted by molar-refractivity contribution is 6.68. The van der Waals surface area contributed by atoms with Crippen molar-refractivity contribution in [1.82, 2.24) is 0 Å². The zero-order chi connectivity index (χ0) is 12.4. The fraction of sp³-hybridized carbons (Fsp3) is 0.200. The molecule has 0 nitrogen and oxygen atoms in total. The van der Waals surface area contributed by atoms with Crippen LogP contribution in [0.3, 0.4) is 0 Å². The maximum Gasteiger partial charge on any atom is 0.121 e. The molecular weight excluding hydrogens is 236 g/mol. The second-order valence-corrected chi connectivity index (χ2v) is 6.22. The molecule has 0 bridgehead atoms. The molecule has 5 radical (unpaired) electrons. The van der Waals surface area contributed by atoms with Crippen molar-refractivity contribution in [3.05, 3.63) is 53.1 Å². The average Bonchev–Trinajstić information content (AvgIpc) is 2.35. The van der Waals surface area contributed by atoms with Gasteiger partial charge in [-0.3, -0.25) is 0 Å². The van der Waals surface area contributed by atoms with Crippen molar-refractivity contribution in [1.29, 1.82) is 0 Å². The summed E-state index contributed by atoms with van der Waals surface area (Å²) in [6, 6.07) is 13.0. The van der Waals surface area contributed by atoms with Gasteiger partial charge in [-0.2, -0.15) is 0 Å². The van der Waals surface area contributed by atoms with Crippen LogP contribution in [0.25, 0.3) is 0 Å². The predicted molar refractivity (Wildman–Crippen MR) is 77.5 cm³/mol. The first-order chi connectivity index (χ1) is 8.09. The van der Waals surface area contributed by atoms with Crippen LogP contribution < -0.4 is 15.6 Å². The molecule has 2 heteroatoms. The van der Waals surface area contributed by atoms with E-state index in [9.17, 15) is 0 Å². The molecule has 0 atom stereocenters. The van der Waals surface area contributed by atoms with Crippen molar-refractivity contribution < 1.29 is 0 Å². The molecule has 0 spiro atoms. The number of rotatable bonds is 2. The lowest BCUT2D eigenvalue weighted by molar-refractivity contribution is 1.36. The number of hydrogen-bond acceptors (Lipinski definition) is 0. The van der Waals surface area contributed by atoms with Gasteiger partial charge in [-0.1, -0.05) is 57.5 Å². The number of aryl methyl sites for hydroxylation is 1. The van der Waals surface area contributed by atoms with E-state index in [1.807, 2.05) is 0 Å². The minimum absolute atomic E-state index is 0.743. The summed E-state index contributed by atoms with van der Waals surface area (Å²) >= 11 is 0. The summed E-state index contributed by atoms with van der Waals surface area (Å²) in [6.07, 6.45) is 0. The van der Waals surface area contributed by atoms with Crippen LogP contribution in [-0.4, -0.2) is 19.8 Å². The quantitative estimate of drug-likeness (QED) is 0.700. The molecule has 0 saturated carbocycles. The third kappa shape index (κ3) is 2.59. The highest BCUT2D eigenvalue weighted by atomic mass is 28.2. The van der Waals surface area contributed by atoms with E-state index < -0.39 is 0 Å². The molecule has 17 heavy (non-hydrogen) atoms. The van der Waals surface area contributed by atoms with Crippen LogP contribution in [0.4, 0.5) is 0 Å². The molecule has 0 aliphatic heterocycles. The summed E-state index contributed by atoms with van der Waals surface area (Å²) in [4.78, 5) is 0. The molecule has 2 rings (SSSR count). The van der Waals surface area contributed by atoms with Crippen LogP contribution in [0.15, 0.2) is 36.4 Å².